The van der Waals surface area contributed by atoms with E-state index in [0.717, 1.165) is 24.0 Å². The molecular weight excluding hydrogens is 430 g/mol. The molecule has 0 unspecified atom stereocenters. The standard InChI is InChI=1S/C24H28ClN3O4/c1-27-21(12-20(26)16-5-6-16)24(30)28(13-15-4-9-22(29)19(25)10-15)14-17-7-8-18(31-2)11-23(17)32-3/h4,7-12,16,29H,5-6,13-14,26H2,1-3H3. The van der Waals surface area contributed by atoms with Crippen molar-refractivity contribution in [2.24, 2.45) is 16.6 Å². The van der Waals surface area contributed by atoms with Gasteiger partial charge in [-0.05, 0) is 54.7 Å². The molecule has 8 heteroatoms. The van der Waals surface area contributed by atoms with E-state index in [2.05, 4.69) is 4.99 Å². The van der Waals surface area contributed by atoms with Gasteiger partial charge in [0.05, 0.1) is 25.8 Å². The highest BCUT2D eigenvalue weighted by molar-refractivity contribution is 6.43. The highest BCUT2D eigenvalue weighted by Gasteiger charge is 2.26. The van der Waals surface area contributed by atoms with Crippen LogP contribution in [-0.2, 0) is 17.9 Å². The Morgan fingerprint density at radius 1 is 1.22 bits per heavy atom. The second-order valence-corrected chi connectivity index (χ2v) is 8.06. The number of carbonyl (C=O) groups is 1. The molecule has 1 saturated carbocycles. The number of nitrogens with two attached hydrogens (primary N) is 1. The molecule has 0 atom stereocenters. The molecule has 1 aliphatic rings. The van der Waals surface area contributed by atoms with Crippen LogP contribution >= 0.6 is 11.6 Å². The number of methoxy groups -OCH3 is 2. The Hall–Kier alpha value is -3.19. The zero-order valence-corrected chi connectivity index (χ0v) is 19.2. The summed E-state index contributed by atoms with van der Waals surface area (Å²) in [6, 6.07) is 10.3. The summed E-state index contributed by atoms with van der Waals surface area (Å²) in [6.07, 6.45) is 3.74. The topological polar surface area (TPSA) is 97.4 Å². The number of phenolic OH excluding ortho intramolecular Hbond substituents is 1. The lowest BCUT2D eigenvalue weighted by atomic mass is 10.1. The van der Waals surface area contributed by atoms with Gasteiger partial charge in [-0.2, -0.15) is 0 Å². The van der Waals surface area contributed by atoms with Crippen molar-refractivity contribution in [3.63, 3.8) is 0 Å². The largest absolute Gasteiger partial charge is 0.506 e. The third-order valence-corrected chi connectivity index (χ3v) is 5.64. The smallest absolute Gasteiger partial charge is 0.272 e. The molecule has 1 fully saturated rings. The minimum atomic E-state index is -0.266. The number of halogens is 1. The third-order valence-electron chi connectivity index (χ3n) is 5.34. The first-order valence-electron chi connectivity index (χ1n) is 10.3. The summed E-state index contributed by atoms with van der Waals surface area (Å²) in [5, 5.41) is 9.96. The molecule has 1 aliphatic carbocycles. The quantitative estimate of drug-likeness (QED) is 0.556. The summed E-state index contributed by atoms with van der Waals surface area (Å²) in [5.41, 5.74) is 8.68. The lowest BCUT2D eigenvalue weighted by molar-refractivity contribution is -0.125. The maximum atomic E-state index is 13.5. The maximum Gasteiger partial charge on any atom is 0.272 e. The van der Waals surface area contributed by atoms with E-state index >= 15 is 0 Å². The molecule has 1 amide bonds. The zero-order valence-electron chi connectivity index (χ0n) is 18.5. The molecule has 3 rings (SSSR count). The number of nitrogens with zero attached hydrogens (tertiary/aromatic N) is 2. The zero-order chi connectivity index (χ0) is 23.3. The van der Waals surface area contributed by atoms with E-state index in [1.54, 1.807) is 50.4 Å². The van der Waals surface area contributed by atoms with Crippen molar-refractivity contribution in [2.45, 2.75) is 25.9 Å². The number of amides is 1. The molecule has 0 saturated heterocycles. The van der Waals surface area contributed by atoms with Crippen LogP contribution in [-0.4, -0.2) is 42.9 Å². The molecule has 2 aromatic carbocycles. The molecule has 0 bridgehead atoms. The number of hydrogen-bond acceptors (Lipinski definition) is 6. The van der Waals surface area contributed by atoms with Gasteiger partial charge in [0.25, 0.3) is 5.91 Å². The van der Waals surface area contributed by atoms with Crippen LogP contribution in [0.1, 0.15) is 24.0 Å². The van der Waals surface area contributed by atoms with Gasteiger partial charge in [0.2, 0.25) is 0 Å². The van der Waals surface area contributed by atoms with E-state index in [4.69, 9.17) is 26.8 Å². The van der Waals surface area contributed by atoms with Crippen molar-refractivity contribution in [1.29, 1.82) is 0 Å². The van der Waals surface area contributed by atoms with E-state index in [1.165, 1.54) is 6.07 Å². The average molecular weight is 458 g/mol. The molecule has 0 spiro atoms. The van der Waals surface area contributed by atoms with Crippen molar-refractivity contribution in [3.05, 3.63) is 64.3 Å². The summed E-state index contributed by atoms with van der Waals surface area (Å²) >= 11 is 6.08. The molecule has 0 aromatic heterocycles. The molecule has 0 radical (unpaired) electrons. The van der Waals surface area contributed by atoms with Gasteiger partial charge in [-0.15, -0.1) is 0 Å². The first kappa shape index (κ1) is 23.5. The Kier molecular flexibility index (Phi) is 7.64. The lowest BCUT2D eigenvalue weighted by Gasteiger charge is -2.24. The molecule has 170 valence electrons. The minimum Gasteiger partial charge on any atom is -0.506 e. The minimum absolute atomic E-state index is 0.0129. The number of phenols is 1. The first-order valence-corrected chi connectivity index (χ1v) is 10.7. The van der Waals surface area contributed by atoms with Gasteiger partial charge in [-0.25, -0.2) is 0 Å². The Labute approximate surface area is 193 Å². The fourth-order valence-corrected chi connectivity index (χ4v) is 3.54. The van der Waals surface area contributed by atoms with E-state index in [9.17, 15) is 9.90 Å². The van der Waals surface area contributed by atoms with E-state index in [1.807, 2.05) is 12.1 Å². The first-order chi connectivity index (χ1) is 15.4. The molecule has 7 nitrogen and oxygen atoms in total. The number of aromatic hydroxyl groups is 1. The monoisotopic (exact) mass is 457 g/mol. The van der Waals surface area contributed by atoms with Crippen LogP contribution in [0.4, 0.5) is 0 Å². The summed E-state index contributed by atoms with van der Waals surface area (Å²) in [7, 11) is 4.73. The second kappa shape index (κ2) is 10.4. The van der Waals surface area contributed by atoms with Gasteiger partial charge in [-0.1, -0.05) is 17.7 Å². The molecule has 0 aliphatic heterocycles. The summed E-state index contributed by atoms with van der Waals surface area (Å²) in [5.74, 6) is 1.31. The lowest BCUT2D eigenvalue weighted by Crippen LogP contribution is -2.35. The molecule has 3 N–H and O–H groups in total. The predicted octanol–water partition coefficient (Wildman–Crippen LogP) is 3.92. The normalized spacial score (nSPS) is 14.2. The van der Waals surface area contributed by atoms with Gasteiger partial charge in [-0.3, -0.25) is 9.79 Å². The van der Waals surface area contributed by atoms with Crippen LogP contribution in [0.3, 0.4) is 0 Å². The van der Waals surface area contributed by atoms with Crippen LogP contribution in [0, 0.1) is 5.92 Å². The van der Waals surface area contributed by atoms with Crippen LogP contribution in [0.2, 0.25) is 5.02 Å². The Morgan fingerprint density at radius 2 is 1.97 bits per heavy atom. The number of allylic oxidation sites excluding steroid dienone is 1. The van der Waals surface area contributed by atoms with Crippen molar-refractivity contribution in [3.8, 4) is 17.2 Å². The Morgan fingerprint density at radius 3 is 2.56 bits per heavy atom. The number of benzene rings is 2. The van der Waals surface area contributed by atoms with Gasteiger partial charge >= 0.3 is 0 Å². The Bertz CT molecular complexity index is 1050. The van der Waals surface area contributed by atoms with Crippen LogP contribution in [0.25, 0.3) is 0 Å². The number of ether oxygens (including phenoxy) is 2. The third kappa shape index (κ3) is 5.73. The van der Waals surface area contributed by atoms with E-state index < -0.39 is 0 Å². The Balaban J connectivity index is 1.94. The number of aliphatic imine (C=N–C) groups is 1. The molecule has 0 heterocycles. The van der Waals surface area contributed by atoms with Crippen LogP contribution < -0.4 is 15.2 Å². The SMILES string of the molecule is CN=C(C=C(N)C1CC1)C(=O)N(Cc1ccc(O)c(Cl)c1)Cc1ccc(OC)cc1OC. The molecule has 32 heavy (non-hydrogen) atoms. The van der Waals surface area contributed by atoms with Gasteiger partial charge in [0, 0.05) is 30.9 Å². The summed E-state index contributed by atoms with van der Waals surface area (Å²) in [4.78, 5) is 19.3. The average Bonchev–Trinajstić information content (AvgIpc) is 3.64. The number of carbonyl (C=O) groups excluding carboxylic acids is 1. The second-order valence-electron chi connectivity index (χ2n) is 7.65. The van der Waals surface area contributed by atoms with Crippen molar-refractivity contribution >= 4 is 23.2 Å². The fraction of sp³-hybridized carbons (Fsp3) is 0.333. The van der Waals surface area contributed by atoms with Gasteiger partial charge in [0.1, 0.15) is 23.0 Å². The van der Waals surface area contributed by atoms with E-state index in [-0.39, 0.29) is 35.5 Å². The molecule has 2 aromatic rings. The highest BCUT2D eigenvalue weighted by Crippen LogP contribution is 2.34. The highest BCUT2D eigenvalue weighted by atomic mass is 35.5. The fourth-order valence-electron chi connectivity index (χ4n) is 3.33. The number of rotatable bonds is 9. The van der Waals surface area contributed by atoms with E-state index in [0.29, 0.717) is 23.1 Å². The summed E-state index contributed by atoms with van der Waals surface area (Å²) < 4.78 is 10.8. The van der Waals surface area contributed by atoms with Crippen molar-refractivity contribution in [2.75, 3.05) is 21.3 Å². The van der Waals surface area contributed by atoms with Gasteiger partial charge in [0.15, 0.2) is 0 Å². The van der Waals surface area contributed by atoms with Crippen LogP contribution in [0.15, 0.2) is 53.2 Å². The summed E-state index contributed by atoms with van der Waals surface area (Å²) in [6.45, 7) is 0.519. The number of hydrogen-bond donors (Lipinski definition) is 2. The van der Waals surface area contributed by atoms with Crippen molar-refractivity contribution in [1.82, 2.24) is 4.90 Å². The predicted molar refractivity (Wildman–Crippen MR) is 125 cm³/mol. The maximum absolute atomic E-state index is 13.5. The van der Waals surface area contributed by atoms with Crippen molar-refractivity contribution < 1.29 is 19.4 Å². The molecular formula is C24H28ClN3O4. The van der Waals surface area contributed by atoms with Gasteiger partial charge < -0.3 is 25.2 Å². The van der Waals surface area contributed by atoms with Crippen LogP contribution in [0.5, 0.6) is 17.2 Å².